The topological polar surface area (TPSA) is 77.0 Å². The summed E-state index contributed by atoms with van der Waals surface area (Å²) in [7, 11) is 0. The first-order chi connectivity index (χ1) is 12.3. The Morgan fingerprint density at radius 1 is 1.08 bits per heavy atom. The lowest BCUT2D eigenvalue weighted by molar-refractivity contribution is 0.0951. The van der Waals surface area contributed by atoms with Crippen molar-refractivity contribution in [2.45, 2.75) is 6.54 Å². The van der Waals surface area contributed by atoms with E-state index in [0.29, 0.717) is 23.1 Å². The molecular formula is C17H12N4O2S2. The second-order valence-corrected chi connectivity index (χ2v) is 6.58. The van der Waals surface area contributed by atoms with E-state index in [1.165, 1.54) is 11.3 Å². The van der Waals surface area contributed by atoms with Gasteiger partial charge in [-0.05, 0) is 35.9 Å². The predicted octanol–water partition coefficient (Wildman–Crippen LogP) is 3.87. The van der Waals surface area contributed by atoms with Crippen LogP contribution in [0.25, 0.3) is 11.0 Å². The largest absolute Gasteiger partial charge is 0.431 e. The highest BCUT2D eigenvalue weighted by Crippen LogP contribution is 2.23. The summed E-state index contributed by atoms with van der Waals surface area (Å²) in [6.45, 7) is 0.434. The minimum Gasteiger partial charge on any atom is -0.431 e. The van der Waals surface area contributed by atoms with Crippen LogP contribution in [0.4, 0.5) is 0 Å². The normalized spacial score (nSPS) is 10.7. The molecule has 25 heavy (non-hydrogen) atoms. The molecule has 8 heteroatoms. The van der Waals surface area contributed by atoms with E-state index >= 15 is 0 Å². The van der Waals surface area contributed by atoms with Gasteiger partial charge in [-0.1, -0.05) is 23.5 Å². The number of nitrogens with one attached hydrogen (secondary N) is 1. The molecular weight excluding hydrogens is 356 g/mol. The molecule has 0 saturated heterocycles. The second kappa shape index (κ2) is 6.96. The molecule has 2 aromatic heterocycles. The SMILES string of the molecule is O=C(NCc1ccc(Oc2nccs2)cc1)c1ccc2nsnc2c1. The van der Waals surface area contributed by atoms with Crippen molar-refractivity contribution >= 4 is 40.0 Å². The molecule has 1 amide bonds. The summed E-state index contributed by atoms with van der Waals surface area (Å²) in [6.07, 6.45) is 1.70. The maximum atomic E-state index is 12.3. The van der Waals surface area contributed by atoms with Crippen LogP contribution in [-0.4, -0.2) is 19.6 Å². The average Bonchev–Trinajstić information content (AvgIpc) is 3.31. The van der Waals surface area contributed by atoms with Gasteiger partial charge in [-0.2, -0.15) is 8.75 Å². The summed E-state index contributed by atoms with van der Waals surface area (Å²) in [4.78, 5) is 16.3. The summed E-state index contributed by atoms with van der Waals surface area (Å²) in [5.74, 6) is 0.574. The number of hydrogen-bond donors (Lipinski definition) is 1. The highest BCUT2D eigenvalue weighted by molar-refractivity contribution is 7.11. The van der Waals surface area contributed by atoms with Crippen molar-refractivity contribution in [2.75, 3.05) is 0 Å². The van der Waals surface area contributed by atoms with Gasteiger partial charge in [-0.3, -0.25) is 4.79 Å². The fourth-order valence-corrected chi connectivity index (χ4v) is 3.27. The Balaban J connectivity index is 1.37. The van der Waals surface area contributed by atoms with Gasteiger partial charge in [0, 0.05) is 23.7 Å². The number of nitrogens with zero attached hydrogens (tertiary/aromatic N) is 3. The molecule has 6 nitrogen and oxygen atoms in total. The van der Waals surface area contributed by atoms with Gasteiger partial charge < -0.3 is 10.1 Å². The predicted molar refractivity (Wildman–Crippen MR) is 97.2 cm³/mol. The highest BCUT2D eigenvalue weighted by atomic mass is 32.1. The van der Waals surface area contributed by atoms with Crippen molar-refractivity contribution < 1.29 is 9.53 Å². The summed E-state index contributed by atoms with van der Waals surface area (Å²) < 4.78 is 13.9. The number of hydrogen-bond acceptors (Lipinski definition) is 7. The Kier molecular flexibility index (Phi) is 4.36. The lowest BCUT2D eigenvalue weighted by atomic mass is 10.1. The van der Waals surface area contributed by atoms with Crippen molar-refractivity contribution in [3.8, 4) is 10.9 Å². The number of benzene rings is 2. The molecule has 0 aliphatic heterocycles. The Labute approximate surface area is 151 Å². The Bertz CT molecular complexity index is 997. The zero-order valence-corrected chi connectivity index (χ0v) is 14.5. The molecule has 0 unspecified atom stereocenters. The van der Waals surface area contributed by atoms with Crippen LogP contribution < -0.4 is 10.1 Å². The smallest absolute Gasteiger partial charge is 0.278 e. The molecule has 4 aromatic rings. The minimum atomic E-state index is -0.141. The molecule has 0 fully saturated rings. The van der Waals surface area contributed by atoms with Crippen LogP contribution in [0, 0.1) is 0 Å². The van der Waals surface area contributed by atoms with Crippen LogP contribution >= 0.6 is 23.1 Å². The van der Waals surface area contributed by atoms with Gasteiger partial charge in [-0.25, -0.2) is 4.98 Å². The molecule has 0 aliphatic rings. The summed E-state index contributed by atoms with van der Waals surface area (Å²) in [5, 5.41) is 5.37. The highest BCUT2D eigenvalue weighted by Gasteiger charge is 2.08. The van der Waals surface area contributed by atoms with Crippen LogP contribution in [0.2, 0.25) is 0 Å². The average molecular weight is 368 g/mol. The molecule has 1 N–H and O–H groups in total. The standard InChI is InChI=1S/C17H12N4O2S2/c22-16(12-3-6-14-15(9-12)21-25-20-14)19-10-11-1-4-13(5-2-11)23-17-18-7-8-24-17/h1-9H,10H2,(H,19,22). The molecule has 0 atom stereocenters. The van der Waals surface area contributed by atoms with Crippen LogP contribution in [0.3, 0.4) is 0 Å². The molecule has 0 radical (unpaired) electrons. The number of fused-ring (bicyclic) bond motifs is 1. The van der Waals surface area contributed by atoms with E-state index in [2.05, 4.69) is 19.0 Å². The molecule has 0 spiro atoms. The third kappa shape index (κ3) is 3.65. The summed E-state index contributed by atoms with van der Waals surface area (Å²) in [5.41, 5.74) is 3.10. The fourth-order valence-electron chi connectivity index (χ4n) is 2.24. The summed E-state index contributed by atoms with van der Waals surface area (Å²) in [6, 6.07) is 12.8. The molecule has 0 aliphatic carbocycles. The zero-order chi connectivity index (χ0) is 17.1. The van der Waals surface area contributed by atoms with Crippen LogP contribution in [0.15, 0.2) is 54.0 Å². The van der Waals surface area contributed by atoms with Crippen molar-refractivity contribution in [1.82, 2.24) is 19.0 Å². The first-order valence-electron chi connectivity index (χ1n) is 7.45. The minimum absolute atomic E-state index is 0.141. The van der Waals surface area contributed by atoms with E-state index in [4.69, 9.17) is 4.74 Å². The van der Waals surface area contributed by atoms with Crippen molar-refractivity contribution in [3.63, 3.8) is 0 Å². The van der Waals surface area contributed by atoms with Crippen LogP contribution in [0.5, 0.6) is 10.9 Å². The van der Waals surface area contributed by atoms with E-state index in [1.54, 1.807) is 24.4 Å². The monoisotopic (exact) mass is 368 g/mol. The van der Waals surface area contributed by atoms with Crippen molar-refractivity contribution in [1.29, 1.82) is 0 Å². The molecule has 2 aromatic carbocycles. The zero-order valence-electron chi connectivity index (χ0n) is 12.9. The van der Waals surface area contributed by atoms with Gasteiger partial charge in [-0.15, -0.1) is 0 Å². The van der Waals surface area contributed by atoms with Gasteiger partial charge in [0.2, 0.25) is 0 Å². The number of carbonyl (C=O) groups is 1. The molecule has 2 heterocycles. The first kappa shape index (κ1) is 15.7. The Morgan fingerprint density at radius 2 is 1.92 bits per heavy atom. The fraction of sp³-hybridized carbons (Fsp3) is 0.0588. The third-order valence-electron chi connectivity index (χ3n) is 3.51. The van der Waals surface area contributed by atoms with E-state index < -0.39 is 0 Å². The van der Waals surface area contributed by atoms with Crippen molar-refractivity contribution in [3.05, 3.63) is 65.2 Å². The van der Waals surface area contributed by atoms with Crippen molar-refractivity contribution in [2.24, 2.45) is 0 Å². The van der Waals surface area contributed by atoms with Gasteiger partial charge >= 0.3 is 0 Å². The van der Waals surface area contributed by atoms with Gasteiger partial charge in [0.1, 0.15) is 16.8 Å². The number of amides is 1. The quantitative estimate of drug-likeness (QED) is 0.579. The Morgan fingerprint density at radius 3 is 2.72 bits per heavy atom. The summed E-state index contributed by atoms with van der Waals surface area (Å²) >= 11 is 2.57. The second-order valence-electron chi connectivity index (χ2n) is 5.19. The van der Waals surface area contributed by atoms with E-state index in [1.807, 2.05) is 29.6 Å². The van der Waals surface area contributed by atoms with E-state index in [9.17, 15) is 4.79 Å². The maximum Gasteiger partial charge on any atom is 0.278 e. The van der Waals surface area contributed by atoms with E-state index in [0.717, 1.165) is 28.3 Å². The van der Waals surface area contributed by atoms with Gasteiger partial charge in [0.25, 0.3) is 11.1 Å². The molecule has 0 bridgehead atoms. The Hall–Kier alpha value is -2.84. The first-order valence-corrected chi connectivity index (χ1v) is 9.06. The lowest BCUT2D eigenvalue weighted by Crippen LogP contribution is -2.22. The number of aromatic nitrogens is 3. The molecule has 4 rings (SSSR count). The number of rotatable bonds is 5. The molecule has 124 valence electrons. The number of carbonyl (C=O) groups excluding carboxylic acids is 1. The van der Waals surface area contributed by atoms with Crippen LogP contribution in [0.1, 0.15) is 15.9 Å². The van der Waals surface area contributed by atoms with Gasteiger partial charge in [0.05, 0.1) is 11.7 Å². The van der Waals surface area contributed by atoms with Crippen LogP contribution in [-0.2, 0) is 6.54 Å². The number of thiazole rings is 1. The van der Waals surface area contributed by atoms with E-state index in [-0.39, 0.29) is 5.91 Å². The maximum absolute atomic E-state index is 12.3. The van der Waals surface area contributed by atoms with Gasteiger partial charge in [0.15, 0.2) is 0 Å². The number of ether oxygens (including phenoxy) is 1. The lowest BCUT2D eigenvalue weighted by Gasteiger charge is -2.07. The molecule has 0 saturated carbocycles. The third-order valence-corrected chi connectivity index (χ3v) is 4.71.